The van der Waals surface area contributed by atoms with Crippen molar-refractivity contribution in [1.82, 2.24) is 0 Å². The average Bonchev–Trinajstić information content (AvgIpc) is 3.14. The summed E-state index contributed by atoms with van der Waals surface area (Å²) in [6.45, 7) is -0.494. The molecule has 1 aliphatic heterocycles. The van der Waals surface area contributed by atoms with Crippen LogP contribution in [0.15, 0.2) is 76.6 Å². The van der Waals surface area contributed by atoms with Gasteiger partial charge in [-0.2, -0.15) is 0 Å². The molecule has 35 heavy (non-hydrogen) atoms. The molecule has 0 spiro atoms. The Bertz CT molecular complexity index is 1320. The lowest BCUT2D eigenvalue weighted by Gasteiger charge is -2.15. The van der Waals surface area contributed by atoms with Crippen molar-refractivity contribution in [2.24, 2.45) is 4.99 Å². The highest BCUT2D eigenvalue weighted by atomic mass is 35.5. The van der Waals surface area contributed by atoms with Crippen LogP contribution in [0.1, 0.15) is 5.56 Å². The molecule has 1 N–H and O–H groups in total. The number of carboxylic acid groups (broad SMARTS) is 1. The third kappa shape index (κ3) is 5.97. The number of carbonyl (C=O) groups excluding carboxylic acids is 1. The molecule has 1 amide bonds. The minimum atomic E-state index is -1.10. The molecule has 0 radical (unpaired) electrons. The summed E-state index contributed by atoms with van der Waals surface area (Å²) >= 11 is 13.2. The molecule has 1 aliphatic rings. The smallest absolute Gasteiger partial charge is 0.341 e. The van der Waals surface area contributed by atoms with E-state index in [1.807, 2.05) is 0 Å². The van der Waals surface area contributed by atoms with E-state index in [-0.39, 0.29) is 11.7 Å². The number of hydrogen-bond acceptors (Lipinski definition) is 6. The Morgan fingerprint density at radius 1 is 1.03 bits per heavy atom. The van der Waals surface area contributed by atoms with Crippen molar-refractivity contribution >= 4 is 69.5 Å². The molecule has 0 aromatic heterocycles. The van der Waals surface area contributed by atoms with Gasteiger partial charge in [-0.15, -0.1) is 0 Å². The van der Waals surface area contributed by atoms with Crippen LogP contribution >= 0.6 is 35.0 Å². The quantitative estimate of drug-likeness (QED) is 0.363. The first-order valence-electron chi connectivity index (χ1n) is 10.2. The maximum Gasteiger partial charge on any atom is 0.341 e. The van der Waals surface area contributed by atoms with Gasteiger partial charge >= 0.3 is 5.97 Å². The molecule has 3 aromatic carbocycles. The molecule has 0 saturated carbocycles. The number of aliphatic imine (C=N–C) groups is 1. The summed E-state index contributed by atoms with van der Waals surface area (Å²) in [7, 11) is 1.45. The molecule has 10 heteroatoms. The van der Waals surface area contributed by atoms with Crippen LogP contribution in [-0.4, -0.2) is 35.9 Å². The Morgan fingerprint density at radius 2 is 1.69 bits per heavy atom. The summed E-state index contributed by atoms with van der Waals surface area (Å²) in [6, 6.07) is 18.9. The molecule has 3 aromatic rings. The Balaban J connectivity index is 1.70. The lowest BCUT2D eigenvalue weighted by Crippen LogP contribution is -2.28. The fourth-order valence-corrected chi connectivity index (χ4v) is 4.43. The van der Waals surface area contributed by atoms with Gasteiger partial charge in [-0.3, -0.25) is 9.69 Å². The molecule has 1 fully saturated rings. The van der Waals surface area contributed by atoms with E-state index in [2.05, 4.69) is 4.99 Å². The number of carbonyl (C=O) groups is 2. The number of nitrogens with zero attached hydrogens (tertiary/aromatic N) is 2. The Hall–Kier alpha value is -3.46. The highest BCUT2D eigenvalue weighted by molar-refractivity contribution is 8.19. The van der Waals surface area contributed by atoms with Crippen molar-refractivity contribution < 1.29 is 24.2 Å². The summed E-state index contributed by atoms with van der Waals surface area (Å²) < 4.78 is 10.6. The summed E-state index contributed by atoms with van der Waals surface area (Å²) in [5, 5.41) is 10.5. The molecule has 4 rings (SSSR count). The fraction of sp³-hybridized carbons (Fsp3) is 0.0800. The first-order chi connectivity index (χ1) is 16.8. The van der Waals surface area contributed by atoms with Gasteiger partial charge in [0.15, 0.2) is 23.3 Å². The van der Waals surface area contributed by atoms with Crippen LogP contribution in [-0.2, 0) is 9.59 Å². The highest BCUT2D eigenvalue weighted by Gasteiger charge is 2.34. The van der Waals surface area contributed by atoms with Crippen molar-refractivity contribution in [2.45, 2.75) is 0 Å². The second-order valence-corrected chi connectivity index (χ2v) is 9.07. The largest absolute Gasteiger partial charge is 0.493 e. The van der Waals surface area contributed by atoms with E-state index in [1.54, 1.807) is 72.8 Å². The SMILES string of the molecule is COc1cc(/C=C2/SC(=Nc3ccc(Cl)cc3)N(c3ccc(Cl)cc3)C2=O)ccc1OCC(=O)O. The van der Waals surface area contributed by atoms with Crippen LogP contribution in [0, 0.1) is 0 Å². The maximum absolute atomic E-state index is 13.4. The molecule has 1 saturated heterocycles. The van der Waals surface area contributed by atoms with Crippen molar-refractivity contribution in [3.8, 4) is 11.5 Å². The monoisotopic (exact) mass is 528 g/mol. The molecule has 1 heterocycles. The number of hydrogen-bond donors (Lipinski definition) is 1. The molecular formula is C25H18Cl2N2O5S. The minimum absolute atomic E-state index is 0.254. The zero-order valence-corrected chi connectivity index (χ0v) is 20.6. The zero-order chi connectivity index (χ0) is 24.9. The van der Waals surface area contributed by atoms with E-state index in [0.29, 0.717) is 42.8 Å². The lowest BCUT2D eigenvalue weighted by molar-refractivity contribution is -0.139. The summed E-state index contributed by atoms with van der Waals surface area (Å²) in [6.07, 6.45) is 1.71. The normalized spacial score (nSPS) is 15.6. The van der Waals surface area contributed by atoms with Gasteiger partial charge in [-0.05, 0) is 84.1 Å². The highest BCUT2D eigenvalue weighted by Crippen LogP contribution is 2.38. The molecule has 0 bridgehead atoms. The standard InChI is InChI=1S/C25H18Cl2N2O5S/c1-33-21-12-15(2-11-20(21)34-14-23(30)31)13-22-24(32)29(19-9-5-17(27)6-10-19)25(35-22)28-18-7-3-16(26)4-8-18/h2-13H,14H2,1H3,(H,30,31)/b22-13+,28-25?. The molecule has 178 valence electrons. The van der Waals surface area contributed by atoms with Crippen molar-refractivity contribution in [3.63, 3.8) is 0 Å². The van der Waals surface area contributed by atoms with Crippen LogP contribution in [0.2, 0.25) is 10.0 Å². The molecular weight excluding hydrogens is 511 g/mol. The second-order valence-electron chi connectivity index (χ2n) is 7.19. The van der Waals surface area contributed by atoms with Gasteiger partial charge in [0.2, 0.25) is 0 Å². The number of anilines is 1. The van der Waals surface area contributed by atoms with Gasteiger partial charge in [0, 0.05) is 10.0 Å². The van der Waals surface area contributed by atoms with Crippen LogP contribution in [0.3, 0.4) is 0 Å². The van der Waals surface area contributed by atoms with E-state index in [9.17, 15) is 9.59 Å². The third-order valence-corrected chi connectivity index (χ3v) is 6.25. The number of aliphatic carboxylic acids is 1. The topological polar surface area (TPSA) is 88.4 Å². The van der Waals surface area contributed by atoms with Gasteiger partial charge in [0.1, 0.15) is 0 Å². The van der Waals surface area contributed by atoms with E-state index < -0.39 is 12.6 Å². The van der Waals surface area contributed by atoms with Crippen LogP contribution in [0.4, 0.5) is 11.4 Å². The summed E-state index contributed by atoms with van der Waals surface area (Å²) in [4.78, 5) is 30.9. The molecule has 0 atom stereocenters. The zero-order valence-electron chi connectivity index (χ0n) is 18.3. The predicted octanol–water partition coefficient (Wildman–Crippen LogP) is 6.27. The number of carboxylic acids is 1. The Kier molecular flexibility index (Phi) is 7.65. The van der Waals surface area contributed by atoms with Crippen molar-refractivity contribution in [3.05, 3.63) is 87.2 Å². The number of ether oxygens (including phenoxy) is 2. The third-order valence-electron chi connectivity index (χ3n) is 4.78. The van der Waals surface area contributed by atoms with Gasteiger partial charge < -0.3 is 14.6 Å². The van der Waals surface area contributed by atoms with Gasteiger partial charge in [0.25, 0.3) is 5.91 Å². The average molecular weight is 529 g/mol. The number of halogens is 2. The van der Waals surface area contributed by atoms with E-state index in [0.717, 1.165) is 0 Å². The molecule has 7 nitrogen and oxygen atoms in total. The molecule has 0 aliphatic carbocycles. The Labute approximate surface area is 215 Å². The summed E-state index contributed by atoms with van der Waals surface area (Å²) in [5.41, 5.74) is 1.94. The van der Waals surface area contributed by atoms with Gasteiger partial charge in [-0.25, -0.2) is 9.79 Å². The first-order valence-corrected chi connectivity index (χ1v) is 11.8. The number of thioether (sulfide) groups is 1. The van der Waals surface area contributed by atoms with Crippen LogP contribution in [0.25, 0.3) is 6.08 Å². The van der Waals surface area contributed by atoms with E-state index in [4.69, 9.17) is 37.8 Å². The molecule has 0 unspecified atom stereocenters. The number of amides is 1. The lowest BCUT2D eigenvalue weighted by atomic mass is 10.2. The van der Waals surface area contributed by atoms with Gasteiger partial charge in [-0.1, -0.05) is 29.3 Å². The van der Waals surface area contributed by atoms with Crippen LogP contribution < -0.4 is 14.4 Å². The summed E-state index contributed by atoms with van der Waals surface area (Å²) in [5.74, 6) is -0.716. The number of amidine groups is 1. The van der Waals surface area contributed by atoms with Gasteiger partial charge in [0.05, 0.1) is 23.4 Å². The van der Waals surface area contributed by atoms with Crippen molar-refractivity contribution in [1.29, 1.82) is 0 Å². The van der Waals surface area contributed by atoms with Crippen LogP contribution in [0.5, 0.6) is 11.5 Å². The fourth-order valence-electron chi connectivity index (χ4n) is 3.18. The first kappa shape index (κ1) is 24.7. The van der Waals surface area contributed by atoms with Crippen molar-refractivity contribution in [2.75, 3.05) is 18.6 Å². The number of methoxy groups -OCH3 is 1. The van der Waals surface area contributed by atoms with E-state index >= 15 is 0 Å². The predicted molar refractivity (Wildman–Crippen MR) is 139 cm³/mol. The maximum atomic E-state index is 13.4. The van der Waals surface area contributed by atoms with E-state index in [1.165, 1.54) is 23.8 Å². The number of benzene rings is 3. The number of rotatable bonds is 7. The second kappa shape index (κ2) is 10.9. The minimum Gasteiger partial charge on any atom is -0.493 e. The Morgan fingerprint density at radius 3 is 2.31 bits per heavy atom.